The molecule has 0 fully saturated rings. The highest BCUT2D eigenvalue weighted by molar-refractivity contribution is 4.72. The number of rotatable bonds is 6. The lowest BCUT2D eigenvalue weighted by Crippen LogP contribution is -2.37. The molecule has 0 spiro atoms. The molecule has 0 amide bonds. The zero-order valence-corrected chi connectivity index (χ0v) is 8.66. The first kappa shape index (κ1) is 11.9. The normalized spacial score (nSPS) is 16.5. The van der Waals surface area contributed by atoms with Gasteiger partial charge in [0.25, 0.3) is 0 Å². The molecule has 0 bridgehead atoms. The lowest BCUT2D eigenvalue weighted by atomic mass is 10.0. The van der Waals surface area contributed by atoms with Gasteiger partial charge in [-0.05, 0) is 5.92 Å². The van der Waals surface area contributed by atoms with Gasteiger partial charge in [0, 0.05) is 21.3 Å². The minimum atomic E-state index is 0.0278. The highest BCUT2D eigenvalue weighted by Crippen LogP contribution is 2.12. The van der Waals surface area contributed by atoms with Crippen LogP contribution in [0, 0.1) is 5.92 Å². The van der Waals surface area contributed by atoms with Crippen LogP contribution in [0.5, 0.6) is 0 Å². The average molecular weight is 176 g/mol. The van der Waals surface area contributed by atoms with Crippen molar-refractivity contribution in [2.45, 2.75) is 26.1 Å². The van der Waals surface area contributed by atoms with Crippen molar-refractivity contribution in [1.29, 1.82) is 0 Å². The Morgan fingerprint density at radius 2 is 1.58 bits per heavy atom. The fourth-order valence-corrected chi connectivity index (χ4v) is 1.31. The van der Waals surface area contributed by atoms with E-state index >= 15 is 0 Å². The Morgan fingerprint density at radius 3 is 1.83 bits per heavy atom. The van der Waals surface area contributed by atoms with Gasteiger partial charge < -0.3 is 14.2 Å². The maximum atomic E-state index is 5.31. The van der Waals surface area contributed by atoms with Crippen molar-refractivity contribution < 1.29 is 14.2 Å². The maximum Gasteiger partial charge on any atom is 0.107 e. The maximum absolute atomic E-state index is 5.31. The first-order valence-electron chi connectivity index (χ1n) is 4.21. The SMILES string of the molecule is COC[C@H](OC)[C@H](OC)C(C)C. The van der Waals surface area contributed by atoms with Crippen molar-refractivity contribution >= 4 is 0 Å². The molecule has 2 atom stereocenters. The van der Waals surface area contributed by atoms with E-state index in [1.807, 2.05) is 0 Å². The summed E-state index contributed by atoms with van der Waals surface area (Å²) in [5, 5.41) is 0. The monoisotopic (exact) mass is 176 g/mol. The minimum absolute atomic E-state index is 0.0278. The lowest BCUT2D eigenvalue weighted by molar-refractivity contribution is -0.0851. The third kappa shape index (κ3) is 3.52. The molecule has 0 aliphatic rings. The summed E-state index contributed by atoms with van der Waals surface area (Å²) < 4.78 is 15.6. The van der Waals surface area contributed by atoms with E-state index in [4.69, 9.17) is 14.2 Å². The van der Waals surface area contributed by atoms with Crippen molar-refractivity contribution in [3.63, 3.8) is 0 Å². The van der Waals surface area contributed by atoms with Crippen LogP contribution in [-0.4, -0.2) is 40.1 Å². The molecule has 0 saturated carbocycles. The Bertz CT molecular complexity index is 104. The molecule has 0 radical (unpaired) electrons. The van der Waals surface area contributed by atoms with Gasteiger partial charge in [0.05, 0.1) is 12.7 Å². The number of hydrogen-bond donors (Lipinski definition) is 0. The van der Waals surface area contributed by atoms with Gasteiger partial charge in [0.15, 0.2) is 0 Å². The third-order valence-electron chi connectivity index (χ3n) is 1.93. The third-order valence-corrected chi connectivity index (χ3v) is 1.93. The predicted octanol–water partition coefficient (Wildman–Crippen LogP) is 1.32. The molecule has 0 N–H and O–H groups in total. The van der Waals surface area contributed by atoms with Crippen molar-refractivity contribution in [2.75, 3.05) is 27.9 Å². The van der Waals surface area contributed by atoms with E-state index < -0.39 is 0 Å². The second kappa shape index (κ2) is 6.40. The molecule has 0 aliphatic heterocycles. The van der Waals surface area contributed by atoms with Crippen molar-refractivity contribution in [2.24, 2.45) is 5.92 Å². The molecule has 0 heterocycles. The number of methoxy groups -OCH3 is 3. The summed E-state index contributed by atoms with van der Waals surface area (Å²) >= 11 is 0. The van der Waals surface area contributed by atoms with Crippen LogP contribution in [0.15, 0.2) is 0 Å². The van der Waals surface area contributed by atoms with Crippen LogP contribution < -0.4 is 0 Å². The second-order valence-electron chi connectivity index (χ2n) is 3.17. The number of hydrogen-bond acceptors (Lipinski definition) is 3. The quantitative estimate of drug-likeness (QED) is 0.611. The minimum Gasteiger partial charge on any atom is -0.382 e. The van der Waals surface area contributed by atoms with Crippen LogP contribution in [0.4, 0.5) is 0 Å². The van der Waals surface area contributed by atoms with E-state index in [-0.39, 0.29) is 12.2 Å². The van der Waals surface area contributed by atoms with Gasteiger partial charge >= 0.3 is 0 Å². The molecule has 74 valence electrons. The summed E-state index contributed by atoms with van der Waals surface area (Å²) in [6.07, 6.45) is 0.134. The van der Waals surface area contributed by atoms with Crippen molar-refractivity contribution in [1.82, 2.24) is 0 Å². The predicted molar refractivity (Wildman–Crippen MR) is 48.3 cm³/mol. The standard InChI is InChI=1S/C9H20O3/c1-7(2)9(12-5)8(11-4)6-10-3/h7-9H,6H2,1-5H3/t8-,9+/m0/s1. The van der Waals surface area contributed by atoms with Crippen LogP contribution in [0.2, 0.25) is 0 Å². The second-order valence-corrected chi connectivity index (χ2v) is 3.17. The van der Waals surface area contributed by atoms with Gasteiger partial charge in [-0.25, -0.2) is 0 Å². The molecular formula is C9H20O3. The van der Waals surface area contributed by atoms with Crippen molar-refractivity contribution in [3.05, 3.63) is 0 Å². The molecule has 0 aromatic heterocycles. The van der Waals surface area contributed by atoms with Crippen LogP contribution in [-0.2, 0) is 14.2 Å². The highest BCUT2D eigenvalue weighted by Gasteiger charge is 2.23. The molecular weight excluding hydrogens is 156 g/mol. The van der Waals surface area contributed by atoms with Crippen LogP contribution in [0.1, 0.15) is 13.8 Å². The summed E-state index contributed by atoms with van der Waals surface area (Å²) in [5.41, 5.74) is 0. The first-order valence-corrected chi connectivity index (χ1v) is 4.21. The van der Waals surface area contributed by atoms with E-state index in [9.17, 15) is 0 Å². The Kier molecular flexibility index (Phi) is 6.34. The molecule has 3 heteroatoms. The zero-order chi connectivity index (χ0) is 9.56. The van der Waals surface area contributed by atoms with E-state index in [0.29, 0.717) is 12.5 Å². The van der Waals surface area contributed by atoms with E-state index in [1.54, 1.807) is 21.3 Å². The first-order chi connectivity index (χ1) is 5.67. The summed E-state index contributed by atoms with van der Waals surface area (Å²) in [6.45, 7) is 4.79. The van der Waals surface area contributed by atoms with Crippen molar-refractivity contribution in [3.8, 4) is 0 Å². The summed E-state index contributed by atoms with van der Waals surface area (Å²) in [6, 6.07) is 0. The van der Waals surface area contributed by atoms with Gasteiger partial charge in [0.2, 0.25) is 0 Å². The van der Waals surface area contributed by atoms with Gasteiger partial charge in [0.1, 0.15) is 6.10 Å². The Hall–Kier alpha value is -0.120. The molecule has 12 heavy (non-hydrogen) atoms. The van der Waals surface area contributed by atoms with Gasteiger partial charge in [-0.2, -0.15) is 0 Å². The van der Waals surface area contributed by atoms with Crippen LogP contribution in [0.25, 0.3) is 0 Å². The molecule has 0 saturated heterocycles. The largest absolute Gasteiger partial charge is 0.382 e. The van der Waals surface area contributed by atoms with Gasteiger partial charge in [-0.1, -0.05) is 13.8 Å². The Labute approximate surface area is 75.0 Å². The smallest absolute Gasteiger partial charge is 0.107 e. The van der Waals surface area contributed by atoms with E-state index in [0.717, 1.165) is 0 Å². The van der Waals surface area contributed by atoms with Gasteiger partial charge in [-0.15, -0.1) is 0 Å². The highest BCUT2D eigenvalue weighted by atomic mass is 16.6. The van der Waals surface area contributed by atoms with Gasteiger partial charge in [-0.3, -0.25) is 0 Å². The molecule has 0 aliphatic carbocycles. The van der Waals surface area contributed by atoms with Crippen LogP contribution >= 0.6 is 0 Å². The Morgan fingerprint density at radius 1 is 1.00 bits per heavy atom. The fraction of sp³-hybridized carbons (Fsp3) is 1.00. The summed E-state index contributed by atoms with van der Waals surface area (Å²) in [5.74, 6) is 0.440. The Balaban J connectivity index is 4.02. The molecule has 0 aromatic carbocycles. The fourth-order valence-electron chi connectivity index (χ4n) is 1.31. The van der Waals surface area contributed by atoms with E-state index in [1.165, 1.54) is 0 Å². The summed E-state index contributed by atoms with van der Waals surface area (Å²) in [4.78, 5) is 0. The summed E-state index contributed by atoms with van der Waals surface area (Å²) in [7, 11) is 5.05. The molecule has 0 aromatic rings. The van der Waals surface area contributed by atoms with Crippen LogP contribution in [0.3, 0.4) is 0 Å². The zero-order valence-electron chi connectivity index (χ0n) is 8.66. The topological polar surface area (TPSA) is 27.7 Å². The molecule has 0 unspecified atom stereocenters. The molecule has 0 rings (SSSR count). The number of ether oxygens (including phenoxy) is 3. The molecule has 3 nitrogen and oxygen atoms in total. The lowest BCUT2D eigenvalue weighted by Gasteiger charge is -2.27. The average Bonchev–Trinajstić information content (AvgIpc) is 2.03. The van der Waals surface area contributed by atoms with E-state index in [2.05, 4.69) is 13.8 Å².